The van der Waals surface area contributed by atoms with Gasteiger partial charge in [0.25, 0.3) is 5.91 Å². The van der Waals surface area contributed by atoms with Crippen molar-refractivity contribution >= 4 is 40.5 Å². The number of anilines is 2. The van der Waals surface area contributed by atoms with Gasteiger partial charge in [-0.25, -0.2) is 4.98 Å². The normalized spacial score (nSPS) is 14.5. The molecule has 2 amide bonds. The summed E-state index contributed by atoms with van der Waals surface area (Å²) in [5, 5.41) is 2.70. The van der Waals surface area contributed by atoms with Gasteiger partial charge in [-0.3, -0.25) is 19.7 Å². The average molecular weight is 589 g/mol. The second-order valence-corrected chi connectivity index (χ2v) is 11.4. The van der Waals surface area contributed by atoms with Crippen LogP contribution in [0.5, 0.6) is 5.75 Å². The zero-order chi connectivity index (χ0) is 30.7. The summed E-state index contributed by atoms with van der Waals surface area (Å²) in [6, 6.07) is 9.80. The maximum atomic E-state index is 13.1. The van der Waals surface area contributed by atoms with Gasteiger partial charge in [0.2, 0.25) is 11.9 Å². The fourth-order valence-corrected chi connectivity index (χ4v) is 4.98. The second kappa shape index (κ2) is 12.4. The van der Waals surface area contributed by atoms with Gasteiger partial charge in [-0.05, 0) is 76.1 Å². The van der Waals surface area contributed by atoms with E-state index in [9.17, 15) is 27.6 Å². The predicted octanol–water partition coefficient (Wildman–Crippen LogP) is 6.46. The molecular weight excluding hydrogens is 553 g/mol. The van der Waals surface area contributed by atoms with E-state index in [0.29, 0.717) is 16.7 Å². The summed E-state index contributed by atoms with van der Waals surface area (Å²) in [5.74, 6) is -1.35. The minimum Gasteiger partial charge on any atom is -0.460 e. The highest BCUT2D eigenvalue weighted by atomic mass is 19.4. The Morgan fingerprint density at radius 3 is 2.31 bits per heavy atom. The molecule has 0 aliphatic heterocycles. The first-order valence-corrected chi connectivity index (χ1v) is 13.9. The Morgan fingerprint density at radius 1 is 1.02 bits per heavy atom. The molecule has 1 N–H and O–H groups in total. The van der Waals surface area contributed by atoms with E-state index in [1.165, 1.54) is 12.1 Å². The van der Waals surface area contributed by atoms with Crippen LogP contribution in [-0.2, 0) is 20.9 Å². The first kappa shape index (κ1) is 30.9. The van der Waals surface area contributed by atoms with Gasteiger partial charge in [0.05, 0.1) is 17.5 Å². The highest BCUT2D eigenvalue weighted by molar-refractivity contribution is 6.04. The lowest BCUT2D eigenvalue weighted by Gasteiger charge is -2.26. The van der Waals surface area contributed by atoms with Crippen molar-refractivity contribution in [1.82, 2.24) is 9.55 Å². The van der Waals surface area contributed by atoms with Crippen molar-refractivity contribution in [3.63, 3.8) is 0 Å². The number of carbonyl (C=O) groups is 3. The van der Waals surface area contributed by atoms with Crippen molar-refractivity contribution in [2.45, 2.75) is 77.8 Å². The maximum absolute atomic E-state index is 13.1. The summed E-state index contributed by atoms with van der Waals surface area (Å²) in [6.07, 6.45) is 0.0844. The zero-order valence-electron chi connectivity index (χ0n) is 24.1. The topological polar surface area (TPSA) is 103 Å². The third-order valence-electron chi connectivity index (χ3n) is 6.94. The molecule has 1 aliphatic rings. The van der Waals surface area contributed by atoms with Gasteiger partial charge in [-0.2, -0.15) is 0 Å². The number of hydrogen-bond donors (Lipinski definition) is 1. The fourth-order valence-electron chi connectivity index (χ4n) is 4.98. The molecule has 1 aliphatic carbocycles. The third-order valence-corrected chi connectivity index (χ3v) is 6.94. The van der Waals surface area contributed by atoms with Crippen LogP contribution in [0.25, 0.3) is 11.0 Å². The van der Waals surface area contributed by atoms with Crippen LogP contribution >= 0.6 is 0 Å². The van der Waals surface area contributed by atoms with Gasteiger partial charge in [0.1, 0.15) is 11.4 Å². The van der Waals surface area contributed by atoms with Gasteiger partial charge >= 0.3 is 12.3 Å². The molecule has 3 aromatic rings. The number of carbonyl (C=O) groups excluding carboxylic acids is 3. The molecule has 0 bridgehead atoms. The predicted molar refractivity (Wildman–Crippen MR) is 151 cm³/mol. The lowest BCUT2D eigenvalue weighted by molar-refractivity contribution is -0.274. The number of nitrogens with zero attached hydrogens (tertiary/aromatic N) is 3. The van der Waals surface area contributed by atoms with Gasteiger partial charge in [-0.1, -0.05) is 19.3 Å². The molecule has 0 radical (unpaired) electrons. The van der Waals surface area contributed by atoms with Crippen molar-refractivity contribution < 1.29 is 37.0 Å². The molecule has 42 heavy (non-hydrogen) atoms. The van der Waals surface area contributed by atoms with Crippen molar-refractivity contribution in [3.8, 4) is 5.75 Å². The first-order chi connectivity index (χ1) is 19.7. The minimum atomic E-state index is -4.85. The number of halogens is 3. The lowest BCUT2D eigenvalue weighted by atomic mass is 9.88. The van der Waals surface area contributed by atoms with Crippen molar-refractivity contribution in [3.05, 3.63) is 48.0 Å². The molecule has 9 nitrogen and oxygen atoms in total. The summed E-state index contributed by atoms with van der Waals surface area (Å²) in [7, 11) is 1.73. The second-order valence-electron chi connectivity index (χ2n) is 11.4. The summed E-state index contributed by atoms with van der Waals surface area (Å²) in [5.41, 5.74) is 1.16. The maximum Gasteiger partial charge on any atom is 0.573 e. The molecule has 1 heterocycles. The molecule has 1 aromatic heterocycles. The van der Waals surface area contributed by atoms with Crippen LogP contribution in [0.15, 0.2) is 42.5 Å². The smallest absolute Gasteiger partial charge is 0.460 e. The van der Waals surface area contributed by atoms with E-state index in [1.54, 1.807) is 55.5 Å². The van der Waals surface area contributed by atoms with E-state index in [-0.39, 0.29) is 36.3 Å². The zero-order valence-corrected chi connectivity index (χ0v) is 24.1. The van der Waals surface area contributed by atoms with E-state index in [1.807, 2.05) is 0 Å². The number of rotatable bonds is 8. The number of amides is 2. The van der Waals surface area contributed by atoms with Crippen molar-refractivity contribution in [2.24, 2.45) is 5.92 Å². The number of imidazole rings is 1. The molecule has 0 unspecified atom stereocenters. The molecule has 0 saturated heterocycles. The monoisotopic (exact) mass is 588 g/mol. The summed E-state index contributed by atoms with van der Waals surface area (Å²) in [6.45, 7) is 5.43. The average Bonchev–Trinajstić information content (AvgIpc) is 3.26. The Kier molecular flexibility index (Phi) is 9.12. The Bertz CT molecular complexity index is 1440. The van der Waals surface area contributed by atoms with E-state index < -0.39 is 29.6 Å². The van der Waals surface area contributed by atoms with Crippen LogP contribution in [0.3, 0.4) is 0 Å². The Balaban J connectivity index is 1.60. The van der Waals surface area contributed by atoms with E-state index >= 15 is 0 Å². The standard InChI is InChI=1S/C30H35F3N4O5/c1-29(2,3)42-25(38)16-17-37-24-15-12-21(36(4)27(40)20-8-6-5-7-9-20)18-23(24)34-28(37)35-26(39)19-10-13-22(14-11-19)41-30(31,32)33/h10-15,18,20H,5-9,16-17H2,1-4H3,(H,34,35,39). The van der Waals surface area contributed by atoms with E-state index in [2.05, 4.69) is 15.0 Å². The van der Waals surface area contributed by atoms with Gasteiger partial charge in [0.15, 0.2) is 0 Å². The fraction of sp³-hybridized carbons (Fsp3) is 0.467. The largest absolute Gasteiger partial charge is 0.573 e. The number of hydrogen-bond acceptors (Lipinski definition) is 6. The van der Waals surface area contributed by atoms with Gasteiger partial charge in [-0.15, -0.1) is 13.2 Å². The van der Waals surface area contributed by atoms with E-state index in [4.69, 9.17) is 4.74 Å². The number of aromatic nitrogens is 2. The number of aryl methyl sites for hydroxylation is 1. The third kappa shape index (κ3) is 8.01. The Labute approximate surface area is 242 Å². The number of alkyl halides is 3. The van der Waals surface area contributed by atoms with Crippen LogP contribution in [0, 0.1) is 5.92 Å². The molecule has 12 heteroatoms. The van der Waals surface area contributed by atoms with Crippen molar-refractivity contribution in [2.75, 3.05) is 17.3 Å². The highest BCUT2D eigenvalue weighted by Crippen LogP contribution is 2.30. The summed E-state index contributed by atoms with van der Waals surface area (Å²) < 4.78 is 48.5. The molecule has 226 valence electrons. The van der Waals surface area contributed by atoms with Gasteiger partial charge in [0, 0.05) is 30.8 Å². The number of fused-ring (bicyclic) bond motifs is 1. The molecule has 0 spiro atoms. The lowest BCUT2D eigenvalue weighted by Crippen LogP contribution is -2.33. The molecule has 1 saturated carbocycles. The molecule has 2 aromatic carbocycles. The van der Waals surface area contributed by atoms with Crippen LogP contribution in [0.4, 0.5) is 24.8 Å². The summed E-state index contributed by atoms with van der Waals surface area (Å²) in [4.78, 5) is 44.8. The summed E-state index contributed by atoms with van der Waals surface area (Å²) >= 11 is 0. The van der Waals surface area contributed by atoms with Crippen LogP contribution in [0.2, 0.25) is 0 Å². The van der Waals surface area contributed by atoms with E-state index in [0.717, 1.165) is 44.2 Å². The van der Waals surface area contributed by atoms with Crippen LogP contribution < -0.4 is 15.0 Å². The van der Waals surface area contributed by atoms with Crippen LogP contribution in [0.1, 0.15) is 69.7 Å². The molecule has 1 fully saturated rings. The highest BCUT2D eigenvalue weighted by Gasteiger charge is 2.31. The molecular formula is C30H35F3N4O5. The minimum absolute atomic E-state index is 0.00308. The SMILES string of the molecule is CN(C(=O)C1CCCCC1)c1ccc2c(c1)nc(NC(=O)c1ccc(OC(F)(F)F)cc1)n2CCC(=O)OC(C)(C)C. The number of ether oxygens (including phenoxy) is 2. The molecule has 4 rings (SSSR count). The number of nitrogens with one attached hydrogen (secondary N) is 1. The van der Waals surface area contributed by atoms with Gasteiger partial charge < -0.3 is 18.9 Å². The van der Waals surface area contributed by atoms with Crippen molar-refractivity contribution in [1.29, 1.82) is 0 Å². The number of esters is 1. The first-order valence-electron chi connectivity index (χ1n) is 13.9. The quantitative estimate of drug-likeness (QED) is 0.303. The molecule has 0 atom stereocenters. The Morgan fingerprint density at radius 2 is 1.69 bits per heavy atom. The van der Waals surface area contributed by atoms with Crippen LogP contribution in [-0.4, -0.2) is 46.3 Å². The number of benzene rings is 2. The Hall–Kier alpha value is -4.09.